The Kier molecular flexibility index (Phi) is 4.10. The van der Waals surface area contributed by atoms with Crippen molar-refractivity contribution in [2.45, 2.75) is 38.6 Å². The second kappa shape index (κ2) is 4.94. The highest BCUT2D eigenvalue weighted by atomic mass is 28.4. The van der Waals surface area contributed by atoms with Crippen LogP contribution in [-0.2, 0) is 14.0 Å². The fourth-order valence-electron chi connectivity index (χ4n) is 1.74. The highest BCUT2D eigenvalue weighted by Crippen LogP contribution is 2.25. The molecular weight excluding hydrogens is 208 g/mol. The normalized spacial score (nSPS) is 26.4. The van der Waals surface area contributed by atoms with Gasteiger partial charge in [-0.05, 0) is 32.5 Å². The zero-order valence-electron chi connectivity index (χ0n) is 9.95. The molecule has 0 heterocycles. The zero-order valence-corrected chi connectivity index (χ0v) is 10.9. The Morgan fingerprint density at radius 2 is 2.07 bits per heavy atom. The van der Waals surface area contributed by atoms with E-state index in [0.29, 0.717) is 0 Å². The molecule has 0 aromatic rings. The van der Waals surface area contributed by atoms with Crippen molar-refractivity contribution in [1.82, 2.24) is 0 Å². The van der Waals surface area contributed by atoms with Crippen LogP contribution in [0.4, 0.5) is 0 Å². The van der Waals surface area contributed by atoms with Gasteiger partial charge in [-0.3, -0.25) is 4.79 Å². The van der Waals surface area contributed by atoms with E-state index in [0.717, 1.165) is 12.8 Å². The predicted molar refractivity (Wildman–Crippen MR) is 62.1 cm³/mol. The third-order valence-electron chi connectivity index (χ3n) is 2.36. The molecule has 0 aromatic carbocycles. The smallest absolute Gasteiger partial charge is 0.311 e. The molecule has 0 aromatic heterocycles. The maximum absolute atomic E-state index is 11.5. The first kappa shape index (κ1) is 12.5. The molecule has 86 valence electrons. The van der Waals surface area contributed by atoms with Crippen molar-refractivity contribution in [3.63, 3.8) is 0 Å². The van der Waals surface area contributed by atoms with Crippen LogP contribution in [0, 0.1) is 5.92 Å². The van der Waals surface area contributed by atoms with Crippen molar-refractivity contribution in [3.8, 4) is 0 Å². The third-order valence-corrected chi connectivity index (χ3v) is 3.34. The summed E-state index contributed by atoms with van der Waals surface area (Å²) in [7, 11) is -0.167. The van der Waals surface area contributed by atoms with E-state index in [1.54, 1.807) is 0 Å². The van der Waals surface area contributed by atoms with Gasteiger partial charge in [-0.15, -0.1) is 0 Å². The fraction of sp³-hybridized carbons (Fsp3) is 0.727. The molecule has 4 heteroatoms. The number of esters is 1. The van der Waals surface area contributed by atoms with Crippen molar-refractivity contribution in [2.24, 2.45) is 5.92 Å². The number of ether oxygens (including phenoxy) is 1. The first-order valence-corrected chi connectivity index (χ1v) is 8.77. The van der Waals surface area contributed by atoms with Crippen LogP contribution < -0.4 is 0 Å². The van der Waals surface area contributed by atoms with Crippen LogP contribution in [0.1, 0.15) is 12.8 Å². The van der Waals surface area contributed by atoms with E-state index >= 15 is 0 Å². The van der Waals surface area contributed by atoms with Crippen molar-refractivity contribution in [3.05, 3.63) is 12.2 Å². The highest BCUT2D eigenvalue weighted by Gasteiger charge is 2.32. The van der Waals surface area contributed by atoms with E-state index in [2.05, 4.69) is 25.7 Å². The first-order chi connectivity index (χ1) is 6.94. The maximum Gasteiger partial charge on any atom is 0.311 e. The molecule has 1 rings (SSSR count). The van der Waals surface area contributed by atoms with Gasteiger partial charge < -0.3 is 9.16 Å². The second-order valence-corrected chi connectivity index (χ2v) is 9.29. The highest BCUT2D eigenvalue weighted by molar-refractivity contribution is 6.69. The lowest BCUT2D eigenvalue weighted by molar-refractivity contribution is -0.148. The van der Waals surface area contributed by atoms with Gasteiger partial charge in [0.1, 0.15) is 0 Å². The number of rotatable bonds is 3. The molecule has 0 saturated heterocycles. The molecule has 1 aliphatic rings. The summed E-state index contributed by atoms with van der Waals surface area (Å²) in [5, 5.41) is 0. The molecule has 0 fully saturated rings. The lowest BCUT2D eigenvalue weighted by atomic mass is 9.92. The van der Waals surface area contributed by atoms with E-state index in [4.69, 9.17) is 9.16 Å². The average Bonchev–Trinajstić information content (AvgIpc) is 2.15. The first-order valence-electron chi connectivity index (χ1n) is 5.36. The lowest BCUT2D eigenvalue weighted by Crippen LogP contribution is -2.39. The summed E-state index contributed by atoms with van der Waals surface area (Å²) in [4.78, 5) is 11.5. The van der Waals surface area contributed by atoms with E-state index in [-0.39, 0.29) is 18.0 Å². The van der Waals surface area contributed by atoms with Crippen LogP contribution in [0.15, 0.2) is 12.2 Å². The number of methoxy groups -OCH3 is 1. The minimum Gasteiger partial charge on any atom is -0.469 e. The molecule has 15 heavy (non-hydrogen) atoms. The summed E-state index contributed by atoms with van der Waals surface area (Å²) in [5.74, 6) is -0.269. The molecule has 0 amide bonds. The summed E-state index contributed by atoms with van der Waals surface area (Å²) < 4.78 is 10.8. The number of carbonyl (C=O) groups excluding carboxylic acids is 1. The monoisotopic (exact) mass is 228 g/mol. The Bertz CT molecular complexity index is 255. The van der Waals surface area contributed by atoms with Gasteiger partial charge in [-0.25, -0.2) is 0 Å². The number of allylic oxidation sites excluding steroid dienone is 1. The minimum atomic E-state index is -1.60. The number of hydrogen-bond donors (Lipinski definition) is 0. The summed E-state index contributed by atoms with van der Waals surface area (Å²) in [6, 6.07) is 0. The molecule has 0 unspecified atom stereocenters. The van der Waals surface area contributed by atoms with E-state index in [9.17, 15) is 4.79 Å². The van der Waals surface area contributed by atoms with Gasteiger partial charge in [-0.1, -0.05) is 12.2 Å². The molecule has 3 nitrogen and oxygen atoms in total. The molecular formula is C11H20O3Si. The molecule has 0 saturated carbocycles. The Labute approximate surface area is 92.6 Å². The van der Waals surface area contributed by atoms with Crippen molar-refractivity contribution in [2.75, 3.05) is 7.11 Å². The van der Waals surface area contributed by atoms with Gasteiger partial charge >= 0.3 is 5.97 Å². The Hall–Kier alpha value is -0.613. The van der Waals surface area contributed by atoms with Gasteiger partial charge in [0.15, 0.2) is 8.32 Å². The van der Waals surface area contributed by atoms with Gasteiger partial charge in [0.25, 0.3) is 0 Å². The predicted octanol–water partition coefficient (Wildman–Crippen LogP) is 2.35. The van der Waals surface area contributed by atoms with Crippen LogP contribution >= 0.6 is 0 Å². The number of hydrogen-bond acceptors (Lipinski definition) is 3. The van der Waals surface area contributed by atoms with Crippen molar-refractivity contribution >= 4 is 14.3 Å². The molecule has 2 atom stereocenters. The Morgan fingerprint density at radius 3 is 2.60 bits per heavy atom. The summed E-state index contributed by atoms with van der Waals surface area (Å²) in [6.45, 7) is 6.39. The minimum absolute atomic E-state index is 0.0853. The molecule has 0 aliphatic heterocycles. The third kappa shape index (κ3) is 3.79. The quantitative estimate of drug-likeness (QED) is 0.422. The summed E-state index contributed by atoms with van der Waals surface area (Å²) >= 11 is 0. The van der Waals surface area contributed by atoms with E-state index in [1.165, 1.54) is 7.11 Å². The molecule has 0 bridgehead atoms. The largest absolute Gasteiger partial charge is 0.469 e. The molecule has 0 spiro atoms. The lowest BCUT2D eigenvalue weighted by Gasteiger charge is -2.31. The van der Waals surface area contributed by atoms with Crippen LogP contribution in [0.3, 0.4) is 0 Å². The Morgan fingerprint density at radius 1 is 1.40 bits per heavy atom. The van der Waals surface area contributed by atoms with E-state index < -0.39 is 8.32 Å². The van der Waals surface area contributed by atoms with Crippen LogP contribution in [0.25, 0.3) is 0 Å². The maximum atomic E-state index is 11.5. The zero-order chi connectivity index (χ0) is 11.5. The number of carbonyl (C=O) groups is 1. The molecule has 0 N–H and O–H groups in total. The topological polar surface area (TPSA) is 35.5 Å². The summed E-state index contributed by atoms with van der Waals surface area (Å²) in [5.41, 5.74) is 0. The molecule has 0 radical (unpaired) electrons. The van der Waals surface area contributed by atoms with Gasteiger partial charge in [-0.2, -0.15) is 0 Å². The van der Waals surface area contributed by atoms with Gasteiger partial charge in [0, 0.05) is 0 Å². The van der Waals surface area contributed by atoms with Crippen molar-refractivity contribution < 1.29 is 14.0 Å². The average molecular weight is 228 g/mol. The SMILES string of the molecule is COC(=O)[C@@H]1CCC=C[C@@H]1O[Si](C)(C)C. The van der Waals surface area contributed by atoms with Crippen LogP contribution in [0.2, 0.25) is 19.6 Å². The van der Waals surface area contributed by atoms with Crippen molar-refractivity contribution in [1.29, 1.82) is 0 Å². The second-order valence-electron chi connectivity index (χ2n) is 4.83. The standard InChI is InChI=1S/C11H20O3Si/c1-13-11(12)9-7-5-6-8-10(9)14-15(2,3)4/h6,8-10H,5,7H2,1-4H3/t9-,10+/m1/s1. The van der Waals surface area contributed by atoms with Crippen LogP contribution in [-0.4, -0.2) is 27.5 Å². The van der Waals surface area contributed by atoms with Gasteiger partial charge in [0.2, 0.25) is 0 Å². The van der Waals surface area contributed by atoms with Crippen LogP contribution in [0.5, 0.6) is 0 Å². The Balaban J connectivity index is 2.69. The van der Waals surface area contributed by atoms with E-state index in [1.807, 2.05) is 6.08 Å². The van der Waals surface area contributed by atoms with Gasteiger partial charge in [0.05, 0.1) is 19.1 Å². The summed E-state index contributed by atoms with van der Waals surface area (Å²) in [6.07, 6.45) is 5.77. The molecule has 1 aliphatic carbocycles. The fourth-order valence-corrected chi connectivity index (χ4v) is 2.80.